The summed E-state index contributed by atoms with van der Waals surface area (Å²) in [7, 11) is 0. The van der Waals surface area contributed by atoms with Crippen LogP contribution in [0.25, 0.3) is 11.4 Å². The minimum atomic E-state index is 0.616. The van der Waals surface area contributed by atoms with Crippen LogP contribution in [0, 0.1) is 6.92 Å². The maximum atomic E-state index is 4.91. The third-order valence-electron chi connectivity index (χ3n) is 5.93. The number of rotatable bonds is 2. The van der Waals surface area contributed by atoms with Crippen LogP contribution in [0.5, 0.6) is 0 Å². The summed E-state index contributed by atoms with van der Waals surface area (Å²) in [6.07, 6.45) is 6.38. The van der Waals surface area contributed by atoms with Crippen molar-refractivity contribution in [3.8, 4) is 11.4 Å². The Morgan fingerprint density at radius 1 is 1.08 bits per heavy atom. The van der Waals surface area contributed by atoms with Crippen LogP contribution in [-0.2, 0) is 25.8 Å². The van der Waals surface area contributed by atoms with Gasteiger partial charge in [0, 0.05) is 43.0 Å². The minimum Gasteiger partial charge on any atom is -0.341 e. The van der Waals surface area contributed by atoms with E-state index in [2.05, 4.69) is 58.2 Å². The minimum absolute atomic E-state index is 0.616. The van der Waals surface area contributed by atoms with Crippen molar-refractivity contribution in [2.24, 2.45) is 0 Å². The zero-order valence-electron chi connectivity index (χ0n) is 15.2. The number of H-pyrrole nitrogens is 1. The summed E-state index contributed by atoms with van der Waals surface area (Å²) < 4.78 is 0. The number of aryl methyl sites for hydroxylation is 2. The fourth-order valence-electron chi connectivity index (χ4n) is 4.45. The zero-order chi connectivity index (χ0) is 17.5. The van der Waals surface area contributed by atoms with Gasteiger partial charge in [0.15, 0.2) is 0 Å². The second kappa shape index (κ2) is 6.36. The van der Waals surface area contributed by atoms with E-state index in [0.717, 1.165) is 38.2 Å². The van der Waals surface area contributed by atoms with E-state index in [0.29, 0.717) is 6.04 Å². The van der Waals surface area contributed by atoms with Crippen molar-refractivity contribution in [1.29, 1.82) is 0 Å². The smallest absolute Gasteiger partial charge is 0.138 e. The Hall–Kier alpha value is -2.46. The molecule has 0 spiro atoms. The summed E-state index contributed by atoms with van der Waals surface area (Å²) in [6, 6.07) is 13.4. The molecule has 2 aliphatic rings. The van der Waals surface area contributed by atoms with Gasteiger partial charge < -0.3 is 4.98 Å². The van der Waals surface area contributed by atoms with Crippen LogP contribution in [0.2, 0.25) is 0 Å². The van der Waals surface area contributed by atoms with Crippen molar-refractivity contribution in [3.05, 3.63) is 70.8 Å². The van der Waals surface area contributed by atoms with Gasteiger partial charge in [-0.15, -0.1) is 0 Å². The number of aromatic nitrogens is 3. The van der Waals surface area contributed by atoms with Crippen molar-refractivity contribution < 1.29 is 0 Å². The Balaban J connectivity index is 1.37. The summed E-state index contributed by atoms with van der Waals surface area (Å²) in [5, 5.41) is 0. The SMILES string of the molecule is Cc1ccccc1-c1nc2c([nH]1)CN(C1CCc3ncccc3C1)CC2. The van der Waals surface area contributed by atoms with E-state index in [1.807, 2.05) is 6.20 Å². The van der Waals surface area contributed by atoms with Crippen LogP contribution in [0.4, 0.5) is 0 Å². The third kappa shape index (κ3) is 2.74. The first-order valence-electron chi connectivity index (χ1n) is 9.58. The molecule has 0 bridgehead atoms. The van der Waals surface area contributed by atoms with E-state index in [-0.39, 0.29) is 0 Å². The van der Waals surface area contributed by atoms with E-state index >= 15 is 0 Å². The highest BCUT2D eigenvalue weighted by Gasteiger charge is 2.29. The fraction of sp³-hybridized carbons (Fsp3) is 0.364. The van der Waals surface area contributed by atoms with E-state index < -0.39 is 0 Å². The van der Waals surface area contributed by atoms with Gasteiger partial charge in [0.2, 0.25) is 0 Å². The summed E-state index contributed by atoms with van der Waals surface area (Å²) in [5.41, 5.74) is 7.76. The van der Waals surface area contributed by atoms with E-state index in [9.17, 15) is 0 Å². The predicted molar refractivity (Wildman–Crippen MR) is 103 cm³/mol. The maximum absolute atomic E-state index is 4.91. The molecule has 1 aliphatic carbocycles. The molecule has 0 radical (unpaired) electrons. The number of aromatic amines is 1. The van der Waals surface area contributed by atoms with Gasteiger partial charge in [0.1, 0.15) is 5.82 Å². The Morgan fingerprint density at radius 2 is 2.00 bits per heavy atom. The van der Waals surface area contributed by atoms with Gasteiger partial charge >= 0.3 is 0 Å². The number of nitrogens with one attached hydrogen (secondary N) is 1. The van der Waals surface area contributed by atoms with Gasteiger partial charge in [-0.25, -0.2) is 4.98 Å². The monoisotopic (exact) mass is 344 g/mol. The normalized spacial score (nSPS) is 19.8. The molecule has 26 heavy (non-hydrogen) atoms. The van der Waals surface area contributed by atoms with Gasteiger partial charge in [0.25, 0.3) is 0 Å². The molecule has 3 aromatic rings. The summed E-state index contributed by atoms with van der Waals surface area (Å²) in [5.74, 6) is 1.02. The molecular weight excluding hydrogens is 320 g/mol. The summed E-state index contributed by atoms with van der Waals surface area (Å²) in [4.78, 5) is 15.7. The second-order valence-corrected chi connectivity index (χ2v) is 7.55. The lowest BCUT2D eigenvalue weighted by Gasteiger charge is -2.36. The lowest BCUT2D eigenvalue weighted by molar-refractivity contribution is 0.160. The zero-order valence-corrected chi connectivity index (χ0v) is 15.2. The predicted octanol–water partition coefficient (Wildman–Crippen LogP) is 3.70. The molecular formula is C22H24N4. The molecule has 132 valence electrons. The van der Waals surface area contributed by atoms with Crippen LogP contribution >= 0.6 is 0 Å². The molecule has 0 fully saturated rings. The molecule has 1 N–H and O–H groups in total. The van der Waals surface area contributed by atoms with Gasteiger partial charge in [0.05, 0.1) is 11.4 Å². The lowest BCUT2D eigenvalue weighted by Crippen LogP contribution is -2.42. The molecule has 0 saturated heterocycles. The number of imidazole rings is 1. The van der Waals surface area contributed by atoms with Crippen molar-refractivity contribution in [1.82, 2.24) is 19.9 Å². The molecule has 2 aromatic heterocycles. The van der Waals surface area contributed by atoms with Gasteiger partial charge in [-0.3, -0.25) is 9.88 Å². The average Bonchev–Trinajstić information content (AvgIpc) is 3.11. The first kappa shape index (κ1) is 15.8. The second-order valence-electron chi connectivity index (χ2n) is 7.55. The molecule has 5 rings (SSSR count). The van der Waals surface area contributed by atoms with Crippen LogP contribution in [0.3, 0.4) is 0 Å². The van der Waals surface area contributed by atoms with Gasteiger partial charge in [-0.1, -0.05) is 30.3 Å². The summed E-state index contributed by atoms with van der Waals surface area (Å²) in [6.45, 7) is 4.23. The molecule has 1 aromatic carbocycles. The quantitative estimate of drug-likeness (QED) is 0.771. The average molecular weight is 344 g/mol. The molecule has 1 unspecified atom stereocenters. The number of fused-ring (bicyclic) bond motifs is 2. The topological polar surface area (TPSA) is 44.8 Å². The number of hydrogen-bond acceptors (Lipinski definition) is 3. The maximum Gasteiger partial charge on any atom is 0.138 e. The van der Waals surface area contributed by atoms with Crippen LogP contribution in [0.15, 0.2) is 42.6 Å². The first-order valence-corrected chi connectivity index (χ1v) is 9.58. The number of benzene rings is 1. The highest BCUT2D eigenvalue weighted by Crippen LogP contribution is 2.29. The number of nitrogens with zero attached hydrogens (tertiary/aromatic N) is 3. The Bertz CT molecular complexity index is 943. The van der Waals surface area contributed by atoms with Crippen molar-refractivity contribution in [2.45, 2.75) is 45.2 Å². The third-order valence-corrected chi connectivity index (χ3v) is 5.93. The van der Waals surface area contributed by atoms with E-state index in [4.69, 9.17) is 4.98 Å². The molecule has 0 saturated carbocycles. The molecule has 1 aliphatic heterocycles. The molecule has 4 nitrogen and oxygen atoms in total. The molecule has 1 atom stereocenters. The number of pyridine rings is 1. The molecule has 3 heterocycles. The van der Waals surface area contributed by atoms with Gasteiger partial charge in [-0.05, 0) is 43.4 Å². The van der Waals surface area contributed by atoms with Crippen molar-refractivity contribution in [2.75, 3.05) is 6.54 Å². The Kier molecular flexibility index (Phi) is 3.86. The first-order chi connectivity index (χ1) is 12.8. The van der Waals surface area contributed by atoms with Crippen LogP contribution < -0.4 is 0 Å². The van der Waals surface area contributed by atoms with Crippen molar-refractivity contribution >= 4 is 0 Å². The van der Waals surface area contributed by atoms with Gasteiger partial charge in [-0.2, -0.15) is 0 Å². The Morgan fingerprint density at radius 3 is 2.92 bits per heavy atom. The summed E-state index contributed by atoms with van der Waals surface area (Å²) >= 11 is 0. The molecule has 0 amide bonds. The van der Waals surface area contributed by atoms with Crippen molar-refractivity contribution in [3.63, 3.8) is 0 Å². The lowest BCUT2D eigenvalue weighted by atomic mass is 9.90. The highest BCUT2D eigenvalue weighted by atomic mass is 15.2. The number of hydrogen-bond donors (Lipinski definition) is 1. The standard InChI is InChI=1S/C22H24N4/c1-15-5-2-3-7-18(15)22-24-20-10-12-26(14-21(20)25-22)17-8-9-19-16(13-17)6-4-11-23-19/h2-7,11,17H,8-10,12-14H2,1H3,(H,24,25). The van der Waals surface area contributed by atoms with E-state index in [1.165, 1.54) is 40.2 Å². The fourth-order valence-corrected chi connectivity index (χ4v) is 4.45. The Labute approximate surface area is 154 Å². The molecule has 4 heteroatoms. The van der Waals surface area contributed by atoms with Crippen LogP contribution in [0.1, 0.15) is 34.6 Å². The largest absolute Gasteiger partial charge is 0.341 e. The highest BCUT2D eigenvalue weighted by molar-refractivity contribution is 5.60. The van der Waals surface area contributed by atoms with Crippen LogP contribution in [-0.4, -0.2) is 32.4 Å². The van der Waals surface area contributed by atoms with E-state index in [1.54, 1.807) is 0 Å².